The van der Waals surface area contributed by atoms with E-state index in [4.69, 9.17) is 28.4 Å². The molecule has 0 aliphatic carbocycles. The number of nitrogens with zero attached hydrogens (tertiary/aromatic N) is 1. The van der Waals surface area contributed by atoms with Crippen LogP contribution in [0.5, 0.6) is 0 Å². The lowest BCUT2D eigenvalue weighted by Gasteiger charge is -2.44. The van der Waals surface area contributed by atoms with Gasteiger partial charge in [-0.25, -0.2) is 24.2 Å². The standard InChI is InChI=1S/C50H37F6NO10S/c51-49(52,53)36-23-21-31(22-24-36)30-68-48(57-38-27-25-37(26-28-38)50(54,55)56)67-47-42(66-46(61)35-19-11-4-12-20-35)41(65-45(60)34-17-9-3-10-18-34)40(64-44(59)33-15-7-2-8-16-33)39(63-47)29-62-43(58)32-13-5-1-6-14-32/h1-28,39-42,47H,29-30H2/t39-,40-,41+,42+,47-/m1/s1. The molecular weight excluding hydrogens is 921 g/mol. The number of rotatable bonds is 13. The van der Waals surface area contributed by atoms with Crippen LogP contribution in [0.1, 0.15) is 58.1 Å². The van der Waals surface area contributed by atoms with E-state index in [-0.39, 0.29) is 38.9 Å². The Bertz CT molecular complexity index is 2670. The zero-order chi connectivity index (χ0) is 48.3. The van der Waals surface area contributed by atoms with Gasteiger partial charge < -0.3 is 28.4 Å². The third kappa shape index (κ3) is 12.9. The van der Waals surface area contributed by atoms with Gasteiger partial charge in [0.15, 0.2) is 12.2 Å². The Kier molecular flexibility index (Phi) is 15.6. The molecule has 0 unspecified atom stereocenters. The minimum absolute atomic E-state index is 0.00598. The molecule has 1 aliphatic heterocycles. The summed E-state index contributed by atoms with van der Waals surface area (Å²) < 4.78 is 118. The summed E-state index contributed by atoms with van der Waals surface area (Å²) in [7, 11) is 0. The number of thioether (sulfide) groups is 1. The van der Waals surface area contributed by atoms with Gasteiger partial charge >= 0.3 is 36.2 Å². The van der Waals surface area contributed by atoms with E-state index in [1.807, 2.05) is 0 Å². The van der Waals surface area contributed by atoms with E-state index in [0.717, 1.165) is 48.2 Å². The summed E-state index contributed by atoms with van der Waals surface area (Å²) in [5.74, 6) is -3.93. The monoisotopic (exact) mass is 957 g/mol. The van der Waals surface area contributed by atoms with Crippen LogP contribution in [0.2, 0.25) is 0 Å². The fraction of sp³-hybridized carbons (Fsp3) is 0.180. The molecule has 5 atom stereocenters. The summed E-state index contributed by atoms with van der Waals surface area (Å²) in [4.78, 5) is 59.7. The van der Waals surface area contributed by atoms with Gasteiger partial charge in [-0.05, 0) is 90.5 Å². The lowest BCUT2D eigenvalue weighted by Crippen LogP contribution is -2.63. The summed E-state index contributed by atoms with van der Waals surface area (Å²) >= 11 is 0.766. The maximum Gasteiger partial charge on any atom is 0.416 e. The lowest BCUT2D eigenvalue weighted by molar-refractivity contribution is -0.278. The highest BCUT2D eigenvalue weighted by Crippen LogP contribution is 2.35. The Hall–Kier alpha value is -7.44. The first kappa shape index (κ1) is 48.5. The Labute approximate surface area is 388 Å². The Morgan fingerprint density at radius 2 is 0.882 bits per heavy atom. The van der Waals surface area contributed by atoms with Crippen LogP contribution >= 0.6 is 11.8 Å². The van der Waals surface area contributed by atoms with E-state index in [9.17, 15) is 45.5 Å². The van der Waals surface area contributed by atoms with Gasteiger partial charge in [-0.15, -0.1) is 0 Å². The molecule has 6 aromatic carbocycles. The number of benzene rings is 6. The van der Waals surface area contributed by atoms with Crippen molar-refractivity contribution >= 4 is 46.6 Å². The Morgan fingerprint density at radius 1 is 0.485 bits per heavy atom. The second-order valence-electron chi connectivity index (χ2n) is 14.7. The quantitative estimate of drug-likeness (QED) is 0.0360. The smallest absolute Gasteiger partial charge is 0.416 e. The van der Waals surface area contributed by atoms with E-state index in [0.29, 0.717) is 5.56 Å². The number of hydrogen-bond acceptors (Lipinski definition) is 12. The van der Waals surface area contributed by atoms with Gasteiger partial charge in [-0.1, -0.05) is 96.7 Å². The van der Waals surface area contributed by atoms with Crippen molar-refractivity contribution in [3.8, 4) is 0 Å². The maximum atomic E-state index is 14.0. The van der Waals surface area contributed by atoms with Gasteiger partial charge in [0.2, 0.25) is 12.4 Å². The molecule has 68 heavy (non-hydrogen) atoms. The van der Waals surface area contributed by atoms with E-state index in [2.05, 4.69) is 4.99 Å². The number of ether oxygens (including phenoxy) is 6. The fourth-order valence-corrected chi connectivity index (χ4v) is 7.40. The highest BCUT2D eigenvalue weighted by Gasteiger charge is 2.54. The van der Waals surface area contributed by atoms with Crippen LogP contribution in [0.3, 0.4) is 0 Å². The number of carbonyl (C=O) groups is 4. The predicted molar refractivity (Wildman–Crippen MR) is 235 cm³/mol. The summed E-state index contributed by atoms with van der Waals surface area (Å²) in [6.07, 6.45) is -18.3. The van der Waals surface area contributed by atoms with Crippen molar-refractivity contribution in [3.05, 3.63) is 209 Å². The zero-order valence-corrected chi connectivity index (χ0v) is 36.0. The summed E-state index contributed by atoms with van der Waals surface area (Å²) in [6, 6.07) is 38.4. The number of halogens is 6. The second-order valence-corrected chi connectivity index (χ2v) is 15.7. The number of hydrogen-bond donors (Lipinski definition) is 0. The SMILES string of the molecule is O=C(OC[C@H]1O[C@H](OC(=Nc2ccc(C(F)(F)F)cc2)SCc2ccc(C(F)(F)F)cc2)[C@@H](OC(=O)c2ccccc2)[C@@H](OC(=O)c2ccccc2)[C@@H]1OC(=O)c1ccccc1)c1ccccc1. The lowest BCUT2D eigenvalue weighted by atomic mass is 9.97. The van der Waals surface area contributed by atoms with Crippen LogP contribution in [-0.2, 0) is 46.5 Å². The first-order valence-electron chi connectivity index (χ1n) is 20.5. The van der Waals surface area contributed by atoms with Gasteiger partial charge in [0, 0.05) is 5.75 Å². The van der Waals surface area contributed by atoms with Crippen LogP contribution in [0.15, 0.2) is 175 Å². The zero-order valence-electron chi connectivity index (χ0n) is 35.2. The molecule has 0 saturated carbocycles. The van der Waals surface area contributed by atoms with E-state index >= 15 is 0 Å². The van der Waals surface area contributed by atoms with Crippen LogP contribution in [0.25, 0.3) is 0 Å². The molecular formula is C50H37F6NO10S. The highest BCUT2D eigenvalue weighted by atomic mass is 32.2. The topological polar surface area (TPSA) is 136 Å². The summed E-state index contributed by atoms with van der Waals surface area (Å²) in [6.45, 7) is -0.705. The molecule has 11 nitrogen and oxygen atoms in total. The Balaban J connectivity index is 1.33. The van der Waals surface area contributed by atoms with Crippen molar-refractivity contribution in [2.75, 3.05) is 6.61 Å². The van der Waals surface area contributed by atoms with Gasteiger partial charge in [-0.3, -0.25) is 0 Å². The largest absolute Gasteiger partial charge is 0.459 e. The van der Waals surface area contributed by atoms with Gasteiger partial charge in [0.1, 0.15) is 12.7 Å². The van der Waals surface area contributed by atoms with Crippen LogP contribution in [0.4, 0.5) is 32.0 Å². The summed E-state index contributed by atoms with van der Waals surface area (Å²) in [5.41, 5.74) is -1.48. The average molecular weight is 958 g/mol. The molecule has 1 heterocycles. The molecule has 18 heteroatoms. The molecule has 0 amide bonds. The number of alkyl halides is 6. The first-order valence-corrected chi connectivity index (χ1v) is 21.5. The van der Waals surface area contributed by atoms with Crippen molar-refractivity contribution in [3.63, 3.8) is 0 Å². The van der Waals surface area contributed by atoms with E-state index in [1.54, 1.807) is 72.8 Å². The molecule has 1 saturated heterocycles. The first-order chi connectivity index (χ1) is 32.6. The van der Waals surface area contributed by atoms with Crippen molar-refractivity contribution in [2.24, 2.45) is 4.99 Å². The number of aliphatic imine (C=N–C) groups is 1. The molecule has 6 aromatic rings. The molecule has 0 spiro atoms. The molecule has 0 N–H and O–H groups in total. The molecule has 1 fully saturated rings. The van der Waals surface area contributed by atoms with Crippen molar-refractivity contribution in [2.45, 2.75) is 48.8 Å². The second kappa shape index (κ2) is 21.9. The minimum Gasteiger partial charge on any atom is -0.459 e. The van der Waals surface area contributed by atoms with Gasteiger partial charge in [0.05, 0.1) is 39.1 Å². The molecule has 0 radical (unpaired) electrons. The third-order valence-corrected chi connectivity index (χ3v) is 10.9. The van der Waals surface area contributed by atoms with Gasteiger partial charge in [0.25, 0.3) is 5.23 Å². The number of esters is 4. The summed E-state index contributed by atoms with van der Waals surface area (Å²) in [5, 5.41) is -0.386. The molecule has 1 aliphatic rings. The van der Waals surface area contributed by atoms with Crippen molar-refractivity contribution in [1.29, 1.82) is 0 Å². The number of carbonyl (C=O) groups excluding carboxylic acids is 4. The predicted octanol–water partition coefficient (Wildman–Crippen LogP) is 10.9. The molecule has 7 rings (SSSR count). The molecule has 350 valence electrons. The van der Waals surface area contributed by atoms with Crippen LogP contribution in [-0.4, -0.2) is 66.4 Å². The third-order valence-electron chi connectivity index (χ3n) is 10.0. The normalized spacial score (nSPS) is 18.4. The van der Waals surface area contributed by atoms with Crippen molar-refractivity contribution in [1.82, 2.24) is 0 Å². The van der Waals surface area contributed by atoms with E-state index in [1.165, 1.54) is 60.7 Å². The molecule has 0 aromatic heterocycles. The molecule has 0 bridgehead atoms. The van der Waals surface area contributed by atoms with Crippen molar-refractivity contribution < 1.29 is 73.9 Å². The van der Waals surface area contributed by atoms with E-state index < -0.39 is 84.7 Å². The van der Waals surface area contributed by atoms with Gasteiger partial charge in [-0.2, -0.15) is 26.3 Å². The minimum atomic E-state index is -4.70. The highest BCUT2D eigenvalue weighted by molar-refractivity contribution is 8.12. The average Bonchev–Trinajstić information content (AvgIpc) is 3.35. The van der Waals surface area contributed by atoms with Crippen LogP contribution < -0.4 is 0 Å². The van der Waals surface area contributed by atoms with Crippen LogP contribution in [0, 0.1) is 0 Å². The Morgan fingerprint density at radius 3 is 1.32 bits per heavy atom. The fourth-order valence-electron chi connectivity index (χ4n) is 6.58. The maximum absolute atomic E-state index is 14.0.